The van der Waals surface area contributed by atoms with Gasteiger partial charge >= 0.3 is 0 Å². The van der Waals surface area contributed by atoms with Crippen molar-refractivity contribution in [2.24, 2.45) is 0 Å². The first-order valence-corrected chi connectivity index (χ1v) is 10.3. The number of phenolic OH excluding ortho intramolecular Hbond substituents is 1. The maximum Gasteiger partial charge on any atom is 0.163 e. The summed E-state index contributed by atoms with van der Waals surface area (Å²) in [5.41, 5.74) is 4.71. The number of thiophene rings is 1. The largest absolute Gasteiger partial charge is 0.508 e. The van der Waals surface area contributed by atoms with Gasteiger partial charge < -0.3 is 15.7 Å². The van der Waals surface area contributed by atoms with Crippen LogP contribution < -0.4 is 10.6 Å². The fourth-order valence-electron chi connectivity index (χ4n) is 4.13. The number of carbonyl (C=O) groups excluding carboxylic acids is 1. The normalized spacial score (nSPS) is 21.2. The zero-order chi connectivity index (χ0) is 19.1. The van der Waals surface area contributed by atoms with Crippen molar-refractivity contribution in [2.75, 3.05) is 10.6 Å². The average molecular weight is 388 g/mol. The van der Waals surface area contributed by atoms with Crippen molar-refractivity contribution in [3.05, 3.63) is 87.8 Å². The third-order valence-electron chi connectivity index (χ3n) is 5.48. The summed E-state index contributed by atoms with van der Waals surface area (Å²) < 4.78 is 0. The predicted molar refractivity (Wildman–Crippen MR) is 113 cm³/mol. The molecule has 2 aliphatic rings. The number of fused-ring (bicyclic) bond motifs is 1. The standard InChI is InChI=1S/C23H20N2O2S/c26-16-9-7-14(8-10-16)23-22-19(24-17-4-1-2-5-18(17)25-23)12-15(13-20(22)27)21-6-3-11-28-21/h1-11,15,23-26H,12-13H2/t15-,23-/m1/s1. The first-order chi connectivity index (χ1) is 13.7. The lowest BCUT2D eigenvalue weighted by Gasteiger charge is -2.29. The second-order valence-corrected chi connectivity index (χ2v) is 8.25. The van der Waals surface area contributed by atoms with Gasteiger partial charge in [0.05, 0.1) is 17.4 Å². The minimum Gasteiger partial charge on any atom is -0.508 e. The van der Waals surface area contributed by atoms with Crippen LogP contribution in [0.4, 0.5) is 11.4 Å². The number of Topliss-reactive ketones (excluding diaryl/α,β-unsaturated/α-hetero) is 1. The van der Waals surface area contributed by atoms with Crippen molar-refractivity contribution >= 4 is 28.5 Å². The van der Waals surface area contributed by atoms with Crippen LogP contribution in [0.15, 0.2) is 77.3 Å². The molecule has 1 aliphatic heterocycles. The van der Waals surface area contributed by atoms with E-state index in [-0.39, 0.29) is 23.5 Å². The molecule has 0 saturated heterocycles. The summed E-state index contributed by atoms with van der Waals surface area (Å²) >= 11 is 1.71. The highest BCUT2D eigenvalue weighted by Gasteiger charge is 2.36. The monoisotopic (exact) mass is 388 g/mol. The number of hydrogen-bond donors (Lipinski definition) is 3. The van der Waals surface area contributed by atoms with Gasteiger partial charge in [-0.05, 0) is 47.7 Å². The van der Waals surface area contributed by atoms with Crippen molar-refractivity contribution < 1.29 is 9.90 Å². The van der Waals surface area contributed by atoms with Crippen LogP contribution in [0.5, 0.6) is 5.75 Å². The van der Waals surface area contributed by atoms with E-state index in [2.05, 4.69) is 22.1 Å². The summed E-state index contributed by atoms with van der Waals surface area (Å²) in [6.45, 7) is 0. The first kappa shape index (κ1) is 17.1. The van der Waals surface area contributed by atoms with Crippen molar-refractivity contribution in [2.45, 2.75) is 24.8 Å². The van der Waals surface area contributed by atoms with Gasteiger partial charge in [0, 0.05) is 28.5 Å². The number of phenols is 1. The van der Waals surface area contributed by atoms with Crippen LogP contribution in [0.25, 0.3) is 0 Å². The Morgan fingerprint density at radius 3 is 2.46 bits per heavy atom. The Balaban J connectivity index is 1.62. The highest BCUT2D eigenvalue weighted by Crippen LogP contribution is 2.44. The van der Waals surface area contributed by atoms with Crippen molar-refractivity contribution in [1.29, 1.82) is 0 Å². The molecule has 1 aromatic heterocycles. The smallest absolute Gasteiger partial charge is 0.163 e. The van der Waals surface area contributed by atoms with Crippen LogP contribution >= 0.6 is 11.3 Å². The second-order valence-electron chi connectivity index (χ2n) is 7.28. The average Bonchev–Trinajstić information content (AvgIpc) is 3.18. The lowest BCUT2D eigenvalue weighted by atomic mass is 9.81. The molecule has 3 N–H and O–H groups in total. The van der Waals surface area contributed by atoms with Gasteiger partial charge in [0.1, 0.15) is 5.75 Å². The lowest BCUT2D eigenvalue weighted by Crippen LogP contribution is -2.26. The minimum absolute atomic E-state index is 0.172. The van der Waals surface area contributed by atoms with E-state index >= 15 is 0 Å². The van der Waals surface area contributed by atoms with Crippen molar-refractivity contribution in [1.82, 2.24) is 0 Å². The molecule has 0 saturated carbocycles. The maximum absolute atomic E-state index is 13.3. The van der Waals surface area contributed by atoms with Gasteiger partial charge in [-0.2, -0.15) is 0 Å². The Kier molecular flexibility index (Phi) is 4.17. The van der Waals surface area contributed by atoms with E-state index in [4.69, 9.17) is 0 Å². The summed E-state index contributed by atoms with van der Waals surface area (Å²) in [7, 11) is 0. The van der Waals surface area contributed by atoms with Crippen LogP contribution in [-0.4, -0.2) is 10.9 Å². The molecule has 2 atom stereocenters. The zero-order valence-corrected chi connectivity index (χ0v) is 16.0. The first-order valence-electron chi connectivity index (χ1n) is 9.40. The van der Waals surface area contributed by atoms with Crippen LogP contribution in [0.3, 0.4) is 0 Å². The third-order valence-corrected chi connectivity index (χ3v) is 6.52. The van der Waals surface area contributed by atoms with Gasteiger partial charge in [-0.15, -0.1) is 11.3 Å². The topological polar surface area (TPSA) is 61.4 Å². The molecule has 2 heterocycles. The molecule has 1 aliphatic carbocycles. The Morgan fingerprint density at radius 1 is 0.929 bits per heavy atom. The number of ketones is 1. The molecular weight excluding hydrogens is 368 g/mol. The molecule has 0 unspecified atom stereocenters. The number of aromatic hydroxyl groups is 1. The summed E-state index contributed by atoms with van der Waals surface area (Å²) in [6, 6.07) is 19.1. The maximum atomic E-state index is 13.3. The molecule has 0 fully saturated rings. The molecule has 28 heavy (non-hydrogen) atoms. The van der Waals surface area contributed by atoms with E-state index in [1.807, 2.05) is 42.5 Å². The molecule has 0 bridgehead atoms. The van der Waals surface area contributed by atoms with E-state index in [0.717, 1.165) is 34.6 Å². The zero-order valence-electron chi connectivity index (χ0n) is 15.2. The van der Waals surface area contributed by atoms with Crippen LogP contribution in [0.2, 0.25) is 0 Å². The second kappa shape index (κ2) is 6.84. The van der Waals surface area contributed by atoms with Crippen molar-refractivity contribution in [3.8, 4) is 5.75 Å². The Morgan fingerprint density at radius 2 is 1.71 bits per heavy atom. The Bertz CT molecular complexity index is 1050. The highest BCUT2D eigenvalue weighted by atomic mass is 32.1. The van der Waals surface area contributed by atoms with E-state index in [1.54, 1.807) is 23.5 Å². The summed E-state index contributed by atoms with van der Waals surface area (Å²) in [6.07, 6.45) is 1.33. The summed E-state index contributed by atoms with van der Waals surface area (Å²) in [5, 5.41) is 18.9. The molecule has 3 aromatic rings. The SMILES string of the molecule is O=C1C[C@H](c2cccs2)CC2=C1[C@@H](c1ccc(O)cc1)Nc1ccccc1N2. The highest BCUT2D eigenvalue weighted by molar-refractivity contribution is 7.10. The fraction of sp³-hybridized carbons (Fsp3) is 0.174. The Hall–Kier alpha value is -3.05. The van der Waals surface area contributed by atoms with Gasteiger partial charge in [0.25, 0.3) is 0 Å². The number of benzene rings is 2. The van der Waals surface area contributed by atoms with Crippen LogP contribution in [0, 0.1) is 0 Å². The molecular formula is C23H20N2O2S. The van der Waals surface area contributed by atoms with Gasteiger partial charge in [-0.3, -0.25) is 4.79 Å². The molecule has 2 aromatic carbocycles. The van der Waals surface area contributed by atoms with Gasteiger partial charge in [-0.25, -0.2) is 0 Å². The number of carbonyl (C=O) groups is 1. The molecule has 0 spiro atoms. The fourth-order valence-corrected chi connectivity index (χ4v) is 4.96. The molecule has 4 nitrogen and oxygen atoms in total. The van der Waals surface area contributed by atoms with Crippen LogP contribution in [0.1, 0.15) is 35.2 Å². The van der Waals surface area contributed by atoms with Crippen LogP contribution in [-0.2, 0) is 4.79 Å². The number of anilines is 2. The van der Waals surface area contributed by atoms with Gasteiger partial charge in [-0.1, -0.05) is 30.3 Å². The van der Waals surface area contributed by atoms with E-state index in [9.17, 15) is 9.90 Å². The third kappa shape index (κ3) is 2.98. The number of hydrogen-bond acceptors (Lipinski definition) is 5. The number of para-hydroxylation sites is 2. The molecule has 140 valence electrons. The Labute approximate surface area is 167 Å². The summed E-state index contributed by atoms with van der Waals surface area (Å²) in [5.74, 6) is 0.604. The van der Waals surface area contributed by atoms with Gasteiger partial charge in [0.15, 0.2) is 5.78 Å². The number of allylic oxidation sites excluding steroid dienone is 1. The van der Waals surface area contributed by atoms with E-state index in [0.29, 0.717) is 6.42 Å². The summed E-state index contributed by atoms with van der Waals surface area (Å²) in [4.78, 5) is 14.6. The number of nitrogens with one attached hydrogen (secondary N) is 2. The molecule has 5 rings (SSSR count). The molecule has 0 amide bonds. The number of rotatable bonds is 2. The van der Waals surface area contributed by atoms with E-state index < -0.39 is 0 Å². The van der Waals surface area contributed by atoms with Crippen molar-refractivity contribution in [3.63, 3.8) is 0 Å². The predicted octanol–water partition coefficient (Wildman–Crippen LogP) is 5.43. The molecule has 5 heteroatoms. The lowest BCUT2D eigenvalue weighted by molar-refractivity contribution is -0.116. The quantitative estimate of drug-likeness (QED) is 0.548. The van der Waals surface area contributed by atoms with E-state index in [1.165, 1.54) is 4.88 Å². The minimum atomic E-state index is -0.247. The molecule has 0 radical (unpaired) electrons. The van der Waals surface area contributed by atoms with Gasteiger partial charge in [0.2, 0.25) is 0 Å².